The fraction of sp³-hybridized carbons (Fsp3) is 0.211. The molecule has 146 valence electrons. The van der Waals surface area contributed by atoms with Gasteiger partial charge in [0.1, 0.15) is 6.54 Å². The van der Waals surface area contributed by atoms with E-state index in [4.69, 9.17) is 46.4 Å². The molecule has 0 saturated carbocycles. The van der Waals surface area contributed by atoms with Crippen LogP contribution < -0.4 is 5.32 Å². The fourth-order valence-electron chi connectivity index (χ4n) is 3.06. The third-order valence-corrected chi connectivity index (χ3v) is 6.29. The number of halogens is 4. The molecule has 1 aliphatic heterocycles. The van der Waals surface area contributed by atoms with Gasteiger partial charge >= 0.3 is 0 Å². The summed E-state index contributed by atoms with van der Waals surface area (Å²) in [4.78, 5) is 38.7. The molecule has 0 unspecified atom stereocenters. The van der Waals surface area contributed by atoms with Crippen molar-refractivity contribution in [2.24, 2.45) is 0 Å². The lowest BCUT2D eigenvalue weighted by Crippen LogP contribution is -2.37. The van der Waals surface area contributed by atoms with E-state index in [-0.39, 0.29) is 31.2 Å². The molecule has 0 saturated heterocycles. The number of benzene rings is 2. The van der Waals surface area contributed by atoms with E-state index in [1.807, 2.05) is 32.0 Å². The summed E-state index contributed by atoms with van der Waals surface area (Å²) in [5.74, 6) is -2.02. The number of hydrogen-bond acceptors (Lipinski definition) is 3. The van der Waals surface area contributed by atoms with Gasteiger partial charge in [-0.3, -0.25) is 19.3 Å². The van der Waals surface area contributed by atoms with E-state index in [1.165, 1.54) is 0 Å². The van der Waals surface area contributed by atoms with Crippen LogP contribution >= 0.6 is 46.4 Å². The number of anilines is 1. The number of imide groups is 1. The van der Waals surface area contributed by atoms with Crippen LogP contribution in [0.5, 0.6) is 0 Å². The van der Waals surface area contributed by atoms with Crippen molar-refractivity contribution in [3.05, 3.63) is 60.5 Å². The third kappa shape index (κ3) is 3.37. The number of carbonyl (C=O) groups excluding carboxylic acids is 3. The van der Waals surface area contributed by atoms with Gasteiger partial charge in [-0.1, -0.05) is 71.5 Å². The molecule has 0 fully saturated rings. The maximum absolute atomic E-state index is 12.7. The standard InChI is InChI=1S/C19H14Cl4N2O3/c1-3-9-6-4-5-8(2)17(9)24-10(26)7-25-18(27)11-12(19(25)28)14(21)16(23)15(22)13(11)20/h4-6H,3,7H2,1-2H3,(H,24,26). The summed E-state index contributed by atoms with van der Waals surface area (Å²) in [5, 5.41) is 2.20. The first kappa shape index (κ1) is 20.9. The van der Waals surface area contributed by atoms with E-state index < -0.39 is 24.3 Å². The molecule has 3 rings (SSSR count). The minimum atomic E-state index is -0.749. The minimum absolute atomic E-state index is 0.118. The smallest absolute Gasteiger partial charge is 0.263 e. The van der Waals surface area contributed by atoms with Gasteiger partial charge in [-0.25, -0.2) is 0 Å². The number of aryl methyl sites for hydroxylation is 2. The highest BCUT2D eigenvalue weighted by Crippen LogP contribution is 2.44. The van der Waals surface area contributed by atoms with Crippen LogP contribution in [0.25, 0.3) is 0 Å². The molecular weight excluding hydrogens is 446 g/mol. The lowest BCUT2D eigenvalue weighted by molar-refractivity contribution is -0.116. The average molecular weight is 460 g/mol. The zero-order chi connectivity index (χ0) is 20.7. The summed E-state index contributed by atoms with van der Waals surface area (Å²) in [6, 6.07) is 5.65. The number of para-hydroxylation sites is 1. The normalized spacial score (nSPS) is 13.1. The van der Waals surface area contributed by atoms with E-state index >= 15 is 0 Å². The van der Waals surface area contributed by atoms with Gasteiger partial charge in [0.15, 0.2) is 0 Å². The van der Waals surface area contributed by atoms with Crippen LogP contribution in [0, 0.1) is 6.92 Å². The summed E-state index contributed by atoms with van der Waals surface area (Å²) in [6.07, 6.45) is 0.715. The van der Waals surface area contributed by atoms with Gasteiger partial charge in [-0.05, 0) is 24.5 Å². The first-order valence-corrected chi connectivity index (χ1v) is 9.80. The number of rotatable bonds is 4. The van der Waals surface area contributed by atoms with Crippen LogP contribution in [0.4, 0.5) is 5.69 Å². The predicted molar refractivity (Wildman–Crippen MR) is 111 cm³/mol. The molecule has 2 aromatic carbocycles. The first-order chi connectivity index (χ1) is 13.2. The second-order valence-corrected chi connectivity index (χ2v) is 7.73. The van der Waals surface area contributed by atoms with Gasteiger partial charge in [0.25, 0.3) is 11.8 Å². The largest absolute Gasteiger partial charge is 0.324 e. The molecule has 0 aliphatic carbocycles. The first-order valence-electron chi connectivity index (χ1n) is 8.29. The number of nitrogens with one attached hydrogen (secondary N) is 1. The fourth-order valence-corrected chi connectivity index (χ4v) is 4.08. The summed E-state index contributed by atoms with van der Waals surface area (Å²) < 4.78 is 0. The number of nitrogens with zero attached hydrogens (tertiary/aromatic N) is 1. The summed E-state index contributed by atoms with van der Waals surface area (Å²) in [6.45, 7) is 3.33. The van der Waals surface area contributed by atoms with Gasteiger partial charge in [0.2, 0.25) is 5.91 Å². The molecule has 28 heavy (non-hydrogen) atoms. The van der Waals surface area contributed by atoms with Crippen molar-refractivity contribution in [1.82, 2.24) is 4.90 Å². The van der Waals surface area contributed by atoms with Gasteiger partial charge in [-0.15, -0.1) is 0 Å². The van der Waals surface area contributed by atoms with Crippen LogP contribution in [0.15, 0.2) is 18.2 Å². The Morgan fingerprint density at radius 3 is 2.00 bits per heavy atom. The van der Waals surface area contributed by atoms with E-state index in [0.29, 0.717) is 12.1 Å². The molecule has 2 aromatic rings. The van der Waals surface area contributed by atoms with Crippen molar-refractivity contribution in [2.75, 3.05) is 11.9 Å². The average Bonchev–Trinajstić information content (AvgIpc) is 2.91. The summed E-state index contributed by atoms with van der Waals surface area (Å²) in [7, 11) is 0. The molecule has 0 aromatic heterocycles. The van der Waals surface area contributed by atoms with E-state index in [9.17, 15) is 14.4 Å². The highest BCUT2D eigenvalue weighted by molar-refractivity contribution is 6.55. The third-order valence-electron chi connectivity index (χ3n) is 4.49. The Morgan fingerprint density at radius 2 is 1.50 bits per heavy atom. The van der Waals surface area contributed by atoms with Crippen molar-refractivity contribution in [3.63, 3.8) is 0 Å². The van der Waals surface area contributed by atoms with Crippen molar-refractivity contribution >= 4 is 69.8 Å². The molecule has 9 heteroatoms. The lowest BCUT2D eigenvalue weighted by Gasteiger charge is -2.16. The van der Waals surface area contributed by atoms with Crippen LogP contribution in [-0.2, 0) is 11.2 Å². The Bertz CT molecular complexity index is 990. The zero-order valence-corrected chi connectivity index (χ0v) is 17.9. The molecule has 3 amide bonds. The second-order valence-electron chi connectivity index (χ2n) is 6.21. The molecular formula is C19H14Cl4N2O3. The lowest BCUT2D eigenvalue weighted by atomic mass is 10.1. The molecule has 5 nitrogen and oxygen atoms in total. The van der Waals surface area contributed by atoms with Gasteiger partial charge in [0, 0.05) is 5.69 Å². The molecule has 1 heterocycles. The minimum Gasteiger partial charge on any atom is -0.324 e. The Balaban J connectivity index is 1.90. The van der Waals surface area contributed by atoms with E-state index in [2.05, 4.69) is 5.32 Å². The Kier molecular flexibility index (Phi) is 5.92. The maximum Gasteiger partial charge on any atom is 0.263 e. The molecule has 0 radical (unpaired) electrons. The van der Waals surface area contributed by atoms with Crippen LogP contribution in [-0.4, -0.2) is 29.2 Å². The number of hydrogen-bond donors (Lipinski definition) is 1. The van der Waals surface area contributed by atoms with Gasteiger partial charge in [0.05, 0.1) is 31.2 Å². The van der Waals surface area contributed by atoms with Crippen LogP contribution in [0.1, 0.15) is 38.8 Å². The van der Waals surface area contributed by atoms with E-state index in [1.54, 1.807) is 0 Å². The van der Waals surface area contributed by atoms with Crippen molar-refractivity contribution in [2.45, 2.75) is 20.3 Å². The number of amides is 3. The Labute approximate surface area is 181 Å². The predicted octanol–water partition coefficient (Wildman–Crippen LogP) is 5.41. The van der Waals surface area contributed by atoms with Gasteiger partial charge in [-0.2, -0.15) is 0 Å². The summed E-state index contributed by atoms with van der Waals surface area (Å²) >= 11 is 24.1. The molecule has 0 spiro atoms. The SMILES string of the molecule is CCc1cccc(C)c1NC(=O)CN1C(=O)c2c(Cl)c(Cl)c(Cl)c(Cl)c2C1=O. The van der Waals surface area contributed by atoms with Crippen LogP contribution in [0.2, 0.25) is 20.1 Å². The van der Waals surface area contributed by atoms with Crippen molar-refractivity contribution in [3.8, 4) is 0 Å². The number of fused-ring (bicyclic) bond motifs is 1. The molecule has 0 bridgehead atoms. The second kappa shape index (κ2) is 7.91. The van der Waals surface area contributed by atoms with Crippen LogP contribution in [0.3, 0.4) is 0 Å². The quantitative estimate of drug-likeness (QED) is 0.377. The highest BCUT2D eigenvalue weighted by Gasteiger charge is 2.42. The maximum atomic E-state index is 12.7. The monoisotopic (exact) mass is 458 g/mol. The Hall–Kier alpha value is -1.79. The topological polar surface area (TPSA) is 66.5 Å². The highest BCUT2D eigenvalue weighted by atomic mass is 35.5. The van der Waals surface area contributed by atoms with Crippen molar-refractivity contribution < 1.29 is 14.4 Å². The Morgan fingerprint density at radius 1 is 0.964 bits per heavy atom. The zero-order valence-electron chi connectivity index (χ0n) is 14.8. The molecule has 1 N–H and O–H groups in total. The number of carbonyl (C=O) groups is 3. The van der Waals surface area contributed by atoms with Crippen molar-refractivity contribution in [1.29, 1.82) is 0 Å². The molecule has 1 aliphatic rings. The summed E-state index contributed by atoms with van der Waals surface area (Å²) in [5.41, 5.74) is 2.18. The van der Waals surface area contributed by atoms with Gasteiger partial charge < -0.3 is 5.32 Å². The van der Waals surface area contributed by atoms with E-state index in [0.717, 1.165) is 16.0 Å². The molecule has 0 atom stereocenters.